The second-order valence-corrected chi connectivity index (χ2v) is 8.34. The number of para-hydroxylation sites is 1. The Hall–Kier alpha value is -3.41. The number of furan rings is 1. The Kier molecular flexibility index (Phi) is 10.5. The summed E-state index contributed by atoms with van der Waals surface area (Å²) < 4.78 is 6.71. The smallest absolute Gasteiger partial charge is 0.357 e. The van der Waals surface area contributed by atoms with Crippen LogP contribution in [0.25, 0.3) is 10.9 Å². The second kappa shape index (κ2) is 13.1. The average molecular weight is 521 g/mol. The van der Waals surface area contributed by atoms with Gasteiger partial charge in [0.05, 0.1) is 16.7 Å². The first kappa shape index (κ1) is 28.8. The maximum Gasteiger partial charge on any atom is 0.357 e. The molecule has 3 heterocycles. The fraction of sp³-hybridized carbons (Fsp3) is 0.417. The molecule has 1 fully saturated rings. The number of carbonyl (C=O) groups is 1. The molecule has 3 N–H and O–H groups in total. The molecule has 12 heteroatoms. The van der Waals surface area contributed by atoms with Gasteiger partial charge >= 0.3 is 11.2 Å². The number of hydrogen-bond donors (Lipinski definition) is 1. The van der Waals surface area contributed by atoms with Crippen LogP contribution in [-0.2, 0) is 6.54 Å². The number of carbonyl (C=O) groups excluding carboxylic acids is 1. The van der Waals surface area contributed by atoms with Crippen molar-refractivity contribution in [1.82, 2.24) is 20.5 Å². The number of nitro groups is 1. The van der Waals surface area contributed by atoms with Crippen LogP contribution in [0.4, 0.5) is 11.4 Å². The molecule has 196 valence electrons. The summed E-state index contributed by atoms with van der Waals surface area (Å²) >= 11 is 4.64. The molecule has 36 heavy (non-hydrogen) atoms. The molecular formula is C24H33ClN6O5. The molecule has 1 amide bonds. The van der Waals surface area contributed by atoms with Gasteiger partial charge in [0.1, 0.15) is 5.69 Å². The maximum atomic E-state index is 13.3. The number of piperazine rings is 1. The Balaban J connectivity index is 0.00000148. The zero-order chi connectivity index (χ0) is 25.5. The lowest BCUT2D eigenvalue weighted by atomic mass is 10.1. The molecule has 2 aromatic heterocycles. The van der Waals surface area contributed by atoms with E-state index in [-0.39, 0.29) is 17.8 Å². The summed E-state index contributed by atoms with van der Waals surface area (Å²) in [6.45, 7) is 2.66. The summed E-state index contributed by atoms with van der Waals surface area (Å²) in [6.07, 6.45) is 3.62. The highest BCUT2D eigenvalue weighted by atomic mass is 35.5. The lowest BCUT2D eigenvalue weighted by Gasteiger charge is -2.36. The van der Waals surface area contributed by atoms with Crippen LogP contribution < -0.4 is 16.6 Å². The number of pyridine rings is 1. The molecule has 4 rings (SSSR count). The van der Waals surface area contributed by atoms with Crippen LogP contribution in [0.3, 0.4) is 0 Å². The molecule has 1 aromatic carbocycles. The van der Waals surface area contributed by atoms with Crippen molar-refractivity contribution >= 4 is 39.8 Å². The Morgan fingerprint density at radius 1 is 1.11 bits per heavy atom. The Morgan fingerprint density at radius 3 is 2.36 bits per heavy atom. The van der Waals surface area contributed by atoms with Crippen LogP contribution in [0.15, 0.2) is 51.9 Å². The van der Waals surface area contributed by atoms with Gasteiger partial charge in [-0.3, -0.25) is 19.7 Å². The van der Waals surface area contributed by atoms with E-state index in [1.807, 2.05) is 48.2 Å². The molecule has 11 nitrogen and oxygen atoms in total. The van der Waals surface area contributed by atoms with Gasteiger partial charge in [0.15, 0.2) is 5.76 Å². The van der Waals surface area contributed by atoms with E-state index in [0.717, 1.165) is 6.54 Å². The first-order valence-corrected chi connectivity index (χ1v) is 12.0. The zero-order valence-electron chi connectivity index (χ0n) is 20.9. The highest BCUT2D eigenvalue weighted by Crippen LogP contribution is 2.34. The number of aromatic nitrogens is 1. The van der Waals surface area contributed by atoms with E-state index in [4.69, 9.17) is 4.42 Å². The predicted molar refractivity (Wildman–Crippen MR) is 142 cm³/mol. The fourth-order valence-electron chi connectivity index (χ4n) is 4.32. The van der Waals surface area contributed by atoms with Gasteiger partial charge in [0, 0.05) is 44.5 Å². The molecule has 1 aliphatic heterocycles. The molecule has 0 unspecified atom stereocenters. The van der Waals surface area contributed by atoms with Gasteiger partial charge in [-0.05, 0) is 45.3 Å². The molecule has 0 radical (unpaired) electrons. The minimum absolute atomic E-state index is 0. The van der Waals surface area contributed by atoms with E-state index in [1.54, 1.807) is 17.0 Å². The summed E-state index contributed by atoms with van der Waals surface area (Å²) in [5.41, 5.74) is -0.00332. The third kappa shape index (κ3) is 6.04. The van der Waals surface area contributed by atoms with Crippen molar-refractivity contribution in [2.75, 3.05) is 58.1 Å². The van der Waals surface area contributed by atoms with Gasteiger partial charge in [-0.2, -0.15) is 0 Å². The number of rotatable bonds is 7. The summed E-state index contributed by atoms with van der Waals surface area (Å²) in [7, 11) is 3.89. The van der Waals surface area contributed by atoms with Crippen LogP contribution in [0.1, 0.15) is 17.0 Å². The molecular weight excluding hydrogens is 488 g/mol. The fourth-order valence-corrected chi connectivity index (χ4v) is 4.32. The van der Waals surface area contributed by atoms with E-state index in [1.165, 1.54) is 17.2 Å². The largest absolute Gasteiger partial charge is 0.459 e. The number of halogens is 1. The molecule has 0 aliphatic carbocycles. The van der Waals surface area contributed by atoms with Gasteiger partial charge in [0.25, 0.3) is 5.91 Å². The van der Waals surface area contributed by atoms with Crippen LogP contribution in [0, 0.1) is 10.1 Å². The minimum Gasteiger partial charge on any atom is -0.459 e. The van der Waals surface area contributed by atoms with Crippen molar-refractivity contribution < 1.29 is 14.1 Å². The standard InChI is InChI=1S/C23H27N5O5.CH3Cl.H3N/c1-24(2)10-6-11-27-18-8-4-3-7-17(18)20(21(23(27)30)28(31)32)25-12-14-26(15-13-25)22(29)19-9-5-16-33-19;1-2;/h3-5,7-9,16H,6,10-15H2,1-2H3;1H3;1H3. The van der Waals surface area contributed by atoms with Gasteiger partial charge in [-0.25, -0.2) is 0 Å². The molecule has 0 bridgehead atoms. The maximum absolute atomic E-state index is 13.3. The molecule has 0 spiro atoms. The Morgan fingerprint density at radius 2 is 1.78 bits per heavy atom. The number of anilines is 1. The summed E-state index contributed by atoms with van der Waals surface area (Å²) in [5, 5.41) is 12.7. The number of amides is 1. The number of hydrogen-bond acceptors (Lipinski definition) is 8. The van der Waals surface area contributed by atoms with E-state index >= 15 is 0 Å². The summed E-state index contributed by atoms with van der Waals surface area (Å²) in [5.74, 6) is 0.0514. The van der Waals surface area contributed by atoms with Gasteiger partial charge in [-0.15, -0.1) is 11.6 Å². The monoisotopic (exact) mass is 520 g/mol. The number of alkyl halides is 1. The third-order valence-corrected chi connectivity index (χ3v) is 5.91. The number of benzene rings is 1. The lowest BCUT2D eigenvalue weighted by Crippen LogP contribution is -2.49. The number of fused-ring (bicyclic) bond motifs is 1. The minimum atomic E-state index is -0.596. The van der Waals surface area contributed by atoms with Crippen LogP contribution in [0.5, 0.6) is 0 Å². The lowest BCUT2D eigenvalue weighted by molar-refractivity contribution is -0.385. The highest BCUT2D eigenvalue weighted by molar-refractivity contribution is 6.15. The quantitative estimate of drug-likeness (QED) is 0.284. The second-order valence-electron chi connectivity index (χ2n) is 8.34. The molecule has 0 atom stereocenters. The van der Waals surface area contributed by atoms with Crippen molar-refractivity contribution in [2.24, 2.45) is 0 Å². The average Bonchev–Trinajstić information content (AvgIpc) is 3.40. The van der Waals surface area contributed by atoms with Gasteiger partial charge < -0.3 is 29.8 Å². The van der Waals surface area contributed by atoms with Crippen molar-refractivity contribution in [1.29, 1.82) is 0 Å². The van der Waals surface area contributed by atoms with Crippen LogP contribution in [0.2, 0.25) is 0 Å². The SMILES string of the molecule is CCl.CN(C)CCCn1c(=O)c([N+](=O)[O-])c(N2CCN(C(=O)c3ccco3)CC2)c2ccccc21.N. The zero-order valence-corrected chi connectivity index (χ0v) is 21.6. The number of aryl methyl sites for hydroxylation is 1. The van der Waals surface area contributed by atoms with Crippen molar-refractivity contribution in [3.8, 4) is 0 Å². The normalized spacial score (nSPS) is 13.2. The predicted octanol–water partition coefficient (Wildman–Crippen LogP) is 3.43. The van der Waals surface area contributed by atoms with Crippen molar-refractivity contribution in [3.63, 3.8) is 0 Å². The molecule has 3 aromatic rings. The van der Waals surface area contributed by atoms with E-state index < -0.39 is 16.2 Å². The highest BCUT2D eigenvalue weighted by Gasteiger charge is 2.32. The summed E-state index contributed by atoms with van der Waals surface area (Å²) in [4.78, 5) is 42.9. The molecule has 1 saturated heterocycles. The van der Waals surface area contributed by atoms with E-state index in [2.05, 4.69) is 11.6 Å². The molecule has 0 saturated carbocycles. The summed E-state index contributed by atoms with van der Waals surface area (Å²) in [6, 6.07) is 10.6. The van der Waals surface area contributed by atoms with Gasteiger partial charge in [0.2, 0.25) is 0 Å². The van der Waals surface area contributed by atoms with Crippen molar-refractivity contribution in [2.45, 2.75) is 13.0 Å². The van der Waals surface area contributed by atoms with Crippen molar-refractivity contribution in [3.05, 3.63) is 68.9 Å². The first-order chi connectivity index (χ1) is 16.9. The number of nitrogens with zero attached hydrogens (tertiary/aromatic N) is 5. The van der Waals surface area contributed by atoms with E-state index in [0.29, 0.717) is 55.7 Å². The third-order valence-electron chi connectivity index (χ3n) is 5.91. The Bertz CT molecular complexity index is 1220. The molecule has 1 aliphatic rings. The van der Waals surface area contributed by atoms with Crippen LogP contribution in [-0.4, -0.2) is 78.4 Å². The van der Waals surface area contributed by atoms with Gasteiger partial charge in [-0.1, -0.05) is 18.2 Å². The Labute approximate surface area is 214 Å². The first-order valence-electron chi connectivity index (χ1n) is 11.3. The van der Waals surface area contributed by atoms with Crippen LogP contribution >= 0.6 is 11.6 Å². The topological polar surface area (TPSA) is 140 Å². The van der Waals surface area contributed by atoms with E-state index in [9.17, 15) is 19.7 Å².